The number of aromatic carboxylic acids is 1. The van der Waals surface area contributed by atoms with E-state index in [4.69, 9.17) is 16.7 Å². The highest BCUT2D eigenvalue weighted by Gasteiger charge is 2.18. The molecule has 108 valence electrons. The van der Waals surface area contributed by atoms with Crippen LogP contribution in [0.25, 0.3) is 0 Å². The van der Waals surface area contributed by atoms with Crippen molar-refractivity contribution in [3.8, 4) is 0 Å². The van der Waals surface area contributed by atoms with Gasteiger partial charge in [0.2, 0.25) is 0 Å². The normalized spacial score (nSPS) is 10.2. The Labute approximate surface area is 128 Å². The molecule has 0 aliphatic rings. The highest BCUT2D eigenvalue weighted by atomic mass is 35.5. The fourth-order valence-electron chi connectivity index (χ4n) is 1.47. The highest BCUT2D eigenvalue weighted by Crippen LogP contribution is 2.19. The summed E-state index contributed by atoms with van der Waals surface area (Å²) < 4.78 is 0. The maximum atomic E-state index is 12.2. The molecule has 0 aromatic carbocycles. The summed E-state index contributed by atoms with van der Waals surface area (Å²) in [5.41, 5.74) is -0.229. The first kappa shape index (κ1) is 15.2. The van der Waals surface area contributed by atoms with Crippen LogP contribution in [0.15, 0.2) is 29.7 Å². The number of thioether (sulfide) groups is 1. The second-order valence-corrected chi connectivity index (χ2v) is 4.89. The number of hydrogen-bond donors (Lipinski definition) is 2. The van der Waals surface area contributed by atoms with Crippen LogP contribution in [-0.2, 0) is 0 Å². The van der Waals surface area contributed by atoms with Crippen molar-refractivity contribution in [1.82, 2.24) is 15.0 Å². The summed E-state index contributed by atoms with van der Waals surface area (Å²) in [4.78, 5) is 34.8. The molecule has 7 nitrogen and oxygen atoms in total. The van der Waals surface area contributed by atoms with Gasteiger partial charge in [-0.1, -0.05) is 23.4 Å². The van der Waals surface area contributed by atoms with Gasteiger partial charge in [0.05, 0.1) is 16.9 Å². The molecule has 0 radical (unpaired) electrons. The van der Waals surface area contributed by atoms with E-state index in [0.29, 0.717) is 5.16 Å². The van der Waals surface area contributed by atoms with Crippen molar-refractivity contribution >= 4 is 40.9 Å². The quantitative estimate of drug-likeness (QED) is 0.656. The summed E-state index contributed by atoms with van der Waals surface area (Å²) in [6.45, 7) is 0. The second-order valence-electron chi connectivity index (χ2n) is 3.71. The Morgan fingerprint density at radius 1 is 1.33 bits per heavy atom. The van der Waals surface area contributed by atoms with Crippen molar-refractivity contribution in [1.29, 1.82) is 0 Å². The Morgan fingerprint density at radius 3 is 2.76 bits per heavy atom. The van der Waals surface area contributed by atoms with Gasteiger partial charge in [-0.15, -0.1) is 0 Å². The number of anilines is 1. The number of pyridine rings is 1. The van der Waals surface area contributed by atoms with Crippen molar-refractivity contribution in [2.45, 2.75) is 5.16 Å². The number of rotatable bonds is 4. The van der Waals surface area contributed by atoms with E-state index >= 15 is 0 Å². The van der Waals surface area contributed by atoms with E-state index in [0.717, 1.165) is 0 Å². The number of carboxylic acid groups (broad SMARTS) is 1. The maximum absolute atomic E-state index is 12.2. The number of carbonyl (C=O) groups is 2. The number of carbonyl (C=O) groups excluding carboxylic acids is 1. The van der Waals surface area contributed by atoms with E-state index in [9.17, 15) is 9.59 Å². The molecular weight excluding hydrogens is 316 g/mol. The van der Waals surface area contributed by atoms with Gasteiger partial charge in [0, 0.05) is 6.20 Å². The van der Waals surface area contributed by atoms with Crippen LogP contribution in [0.5, 0.6) is 0 Å². The molecule has 0 fully saturated rings. The first-order valence-electron chi connectivity index (χ1n) is 5.59. The minimum atomic E-state index is -1.25. The van der Waals surface area contributed by atoms with Crippen LogP contribution in [0, 0.1) is 0 Å². The van der Waals surface area contributed by atoms with E-state index in [2.05, 4.69) is 20.3 Å². The number of aromatic nitrogens is 3. The zero-order chi connectivity index (χ0) is 15.4. The Morgan fingerprint density at radius 2 is 2.10 bits per heavy atom. The van der Waals surface area contributed by atoms with Crippen molar-refractivity contribution in [2.24, 2.45) is 0 Å². The minimum Gasteiger partial charge on any atom is -0.476 e. The molecule has 0 atom stereocenters. The van der Waals surface area contributed by atoms with Gasteiger partial charge >= 0.3 is 5.97 Å². The smallest absolute Gasteiger partial charge is 0.356 e. The molecule has 1 amide bonds. The van der Waals surface area contributed by atoms with Crippen LogP contribution in [0.1, 0.15) is 21.0 Å². The highest BCUT2D eigenvalue weighted by molar-refractivity contribution is 7.98. The lowest BCUT2D eigenvalue weighted by Gasteiger charge is -2.08. The van der Waals surface area contributed by atoms with Gasteiger partial charge in [0.1, 0.15) is 0 Å². The van der Waals surface area contributed by atoms with E-state index in [1.165, 1.54) is 36.3 Å². The summed E-state index contributed by atoms with van der Waals surface area (Å²) in [7, 11) is 0. The molecule has 0 aliphatic carbocycles. The molecule has 0 bridgehead atoms. The van der Waals surface area contributed by atoms with Crippen LogP contribution in [-0.4, -0.2) is 38.2 Å². The molecule has 2 N–H and O–H groups in total. The van der Waals surface area contributed by atoms with Gasteiger partial charge in [0.25, 0.3) is 5.91 Å². The van der Waals surface area contributed by atoms with Gasteiger partial charge < -0.3 is 10.4 Å². The number of nitrogens with zero attached hydrogens (tertiary/aromatic N) is 3. The van der Waals surface area contributed by atoms with E-state index in [-0.39, 0.29) is 22.1 Å². The molecule has 2 heterocycles. The Balaban J connectivity index is 2.33. The molecule has 0 spiro atoms. The van der Waals surface area contributed by atoms with Crippen molar-refractivity contribution in [3.63, 3.8) is 0 Å². The first-order valence-corrected chi connectivity index (χ1v) is 7.19. The summed E-state index contributed by atoms with van der Waals surface area (Å²) in [5.74, 6) is -1.88. The van der Waals surface area contributed by atoms with Crippen LogP contribution < -0.4 is 5.32 Å². The maximum Gasteiger partial charge on any atom is 0.356 e. The van der Waals surface area contributed by atoms with Crippen molar-refractivity contribution in [3.05, 3.63) is 40.9 Å². The topological polar surface area (TPSA) is 105 Å². The monoisotopic (exact) mass is 324 g/mol. The minimum absolute atomic E-state index is 0.0313. The van der Waals surface area contributed by atoms with Crippen LogP contribution in [0.3, 0.4) is 0 Å². The first-order chi connectivity index (χ1) is 10.0. The number of nitrogens with one attached hydrogen (secondary N) is 1. The third-order valence-electron chi connectivity index (χ3n) is 2.38. The molecule has 0 aliphatic heterocycles. The number of amides is 1. The van der Waals surface area contributed by atoms with E-state index in [1.807, 2.05) is 0 Å². The largest absolute Gasteiger partial charge is 0.476 e. The molecule has 0 unspecified atom stereocenters. The third kappa shape index (κ3) is 3.47. The number of carboxylic acids is 1. The van der Waals surface area contributed by atoms with Gasteiger partial charge in [-0.3, -0.25) is 4.79 Å². The molecule has 0 saturated heterocycles. The Hall–Kier alpha value is -2.19. The predicted molar refractivity (Wildman–Crippen MR) is 78.0 cm³/mol. The van der Waals surface area contributed by atoms with Gasteiger partial charge in [-0.2, -0.15) is 0 Å². The van der Waals surface area contributed by atoms with Crippen molar-refractivity contribution < 1.29 is 14.7 Å². The van der Waals surface area contributed by atoms with Crippen LogP contribution in [0.4, 0.5) is 5.69 Å². The summed E-state index contributed by atoms with van der Waals surface area (Å²) >= 11 is 7.15. The van der Waals surface area contributed by atoms with E-state index in [1.54, 1.807) is 6.26 Å². The zero-order valence-electron chi connectivity index (χ0n) is 10.7. The zero-order valence-corrected chi connectivity index (χ0v) is 12.3. The lowest BCUT2D eigenvalue weighted by atomic mass is 10.2. The summed E-state index contributed by atoms with van der Waals surface area (Å²) in [6.07, 6.45) is 4.40. The van der Waals surface area contributed by atoms with Crippen molar-refractivity contribution in [2.75, 3.05) is 11.6 Å². The van der Waals surface area contributed by atoms with Crippen LogP contribution >= 0.6 is 23.4 Å². The fourth-order valence-corrected chi connectivity index (χ4v) is 1.98. The van der Waals surface area contributed by atoms with Gasteiger partial charge in [-0.25, -0.2) is 19.7 Å². The van der Waals surface area contributed by atoms with Gasteiger partial charge in [-0.05, 0) is 18.4 Å². The Kier molecular flexibility index (Phi) is 4.71. The second kappa shape index (κ2) is 6.51. The molecule has 2 aromatic rings. The molecule has 21 heavy (non-hydrogen) atoms. The average Bonchev–Trinajstić information content (AvgIpc) is 2.48. The standard InChI is InChI=1S/C12H9ClN4O3S/c1-21-12-15-5-6(13)8(17-12)10(18)16-7-3-2-4-14-9(7)11(19)20/h2-5H,1H3,(H,16,18)(H,19,20). The SMILES string of the molecule is CSc1ncc(Cl)c(C(=O)Nc2cccnc2C(=O)O)n1. The average molecular weight is 325 g/mol. The third-order valence-corrected chi connectivity index (χ3v) is 3.22. The number of hydrogen-bond acceptors (Lipinski definition) is 6. The Bertz CT molecular complexity index is 711. The number of halogens is 1. The summed E-state index contributed by atoms with van der Waals surface area (Å²) in [6, 6.07) is 2.94. The predicted octanol–water partition coefficient (Wildman–Crippen LogP) is 2.20. The van der Waals surface area contributed by atoms with Gasteiger partial charge in [0.15, 0.2) is 16.5 Å². The fraction of sp³-hybridized carbons (Fsp3) is 0.0833. The van der Waals surface area contributed by atoms with E-state index < -0.39 is 11.9 Å². The lowest BCUT2D eigenvalue weighted by molar-refractivity contribution is 0.0691. The molecule has 9 heteroatoms. The summed E-state index contributed by atoms with van der Waals surface area (Å²) in [5, 5.41) is 11.9. The lowest BCUT2D eigenvalue weighted by Crippen LogP contribution is -2.18. The van der Waals surface area contributed by atoms with Crippen LogP contribution in [0.2, 0.25) is 5.02 Å². The molecule has 2 rings (SSSR count). The molecular formula is C12H9ClN4O3S. The molecule has 2 aromatic heterocycles. The molecule has 0 saturated carbocycles.